The molecule has 0 spiro atoms. The zero-order valence-corrected chi connectivity index (χ0v) is 13.3. The summed E-state index contributed by atoms with van der Waals surface area (Å²) in [6.45, 7) is 9.94. The standard InChI is InChI=1S/C13H11NO3.2C2H6/c1-10-5-4-6-11(9-10)17-13-8-3-2-7-12(13)14(15)16;2*1-2/h2-9H,1H3;2*1-2H3. The molecule has 0 aliphatic heterocycles. The van der Waals surface area contributed by atoms with Gasteiger partial charge in [-0.1, -0.05) is 52.0 Å². The van der Waals surface area contributed by atoms with Crippen molar-refractivity contribution >= 4 is 5.69 Å². The Balaban J connectivity index is 0.000000921. The van der Waals surface area contributed by atoms with Gasteiger partial charge in [-0.2, -0.15) is 0 Å². The Bertz CT molecular complexity index is 553. The SMILES string of the molecule is CC.CC.Cc1cccc(Oc2ccccc2[N+](=O)[O-])c1. The smallest absolute Gasteiger partial charge is 0.311 e. The maximum absolute atomic E-state index is 10.8. The van der Waals surface area contributed by atoms with Crippen LogP contribution in [0.25, 0.3) is 0 Å². The van der Waals surface area contributed by atoms with Gasteiger partial charge in [0.25, 0.3) is 0 Å². The predicted octanol–water partition coefficient (Wildman–Crippen LogP) is 5.75. The fourth-order valence-electron chi connectivity index (χ4n) is 1.50. The number of hydrogen-bond acceptors (Lipinski definition) is 3. The first kappa shape index (κ1) is 18.6. The molecule has 0 radical (unpaired) electrons. The highest BCUT2D eigenvalue weighted by Crippen LogP contribution is 2.30. The second kappa shape index (κ2) is 10.4. The van der Waals surface area contributed by atoms with E-state index in [1.54, 1.807) is 24.3 Å². The van der Waals surface area contributed by atoms with Crippen LogP contribution in [-0.2, 0) is 0 Å². The van der Waals surface area contributed by atoms with Crippen molar-refractivity contribution in [2.45, 2.75) is 34.6 Å². The number of nitrogens with zero attached hydrogens (tertiary/aromatic N) is 1. The lowest BCUT2D eigenvalue weighted by Crippen LogP contribution is -1.92. The highest BCUT2D eigenvalue weighted by Gasteiger charge is 2.14. The van der Waals surface area contributed by atoms with E-state index in [0.29, 0.717) is 5.75 Å². The maximum Gasteiger partial charge on any atom is 0.311 e. The molecule has 0 amide bonds. The zero-order valence-electron chi connectivity index (χ0n) is 13.3. The third kappa shape index (κ3) is 6.08. The van der Waals surface area contributed by atoms with Crippen LogP contribution in [0.5, 0.6) is 11.5 Å². The van der Waals surface area contributed by atoms with Gasteiger partial charge in [0.05, 0.1) is 4.92 Å². The minimum Gasteiger partial charge on any atom is -0.450 e. The van der Waals surface area contributed by atoms with Gasteiger partial charge in [0.15, 0.2) is 0 Å². The van der Waals surface area contributed by atoms with Crippen LogP contribution in [0.2, 0.25) is 0 Å². The van der Waals surface area contributed by atoms with Crippen molar-refractivity contribution in [1.82, 2.24) is 0 Å². The Kier molecular flexibility index (Phi) is 9.26. The van der Waals surface area contributed by atoms with Gasteiger partial charge in [-0.3, -0.25) is 10.1 Å². The average Bonchev–Trinajstić information content (AvgIpc) is 2.52. The van der Waals surface area contributed by atoms with Crippen LogP contribution >= 0.6 is 0 Å². The van der Waals surface area contributed by atoms with E-state index in [-0.39, 0.29) is 11.4 Å². The predicted molar refractivity (Wildman–Crippen MR) is 87.0 cm³/mol. The fourth-order valence-corrected chi connectivity index (χ4v) is 1.50. The van der Waals surface area contributed by atoms with E-state index in [1.165, 1.54) is 6.07 Å². The lowest BCUT2D eigenvalue weighted by Gasteiger charge is -2.06. The van der Waals surface area contributed by atoms with Crippen LogP contribution in [0.4, 0.5) is 5.69 Å². The molecule has 0 atom stereocenters. The monoisotopic (exact) mass is 289 g/mol. The van der Waals surface area contributed by atoms with Gasteiger partial charge in [0.1, 0.15) is 5.75 Å². The summed E-state index contributed by atoms with van der Waals surface area (Å²) in [6.07, 6.45) is 0. The van der Waals surface area contributed by atoms with Gasteiger partial charge in [-0.05, 0) is 30.7 Å². The summed E-state index contributed by atoms with van der Waals surface area (Å²) in [6, 6.07) is 13.7. The third-order valence-corrected chi connectivity index (χ3v) is 2.28. The lowest BCUT2D eigenvalue weighted by molar-refractivity contribution is -0.385. The summed E-state index contributed by atoms with van der Waals surface area (Å²) < 4.78 is 5.51. The first-order chi connectivity index (χ1) is 10.2. The normalized spacial score (nSPS) is 8.62. The second-order valence-electron chi connectivity index (χ2n) is 3.64. The molecule has 0 bridgehead atoms. The molecule has 0 aliphatic carbocycles. The maximum atomic E-state index is 10.8. The van der Waals surface area contributed by atoms with E-state index in [2.05, 4.69) is 0 Å². The molecule has 0 aliphatic rings. The van der Waals surface area contributed by atoms with Crippen molar-refractivity contribution in [2.75, 3.05) is 0 Å². The van der Waals surface area contributed by atoms with Crippen LogP contribution < -0.4 is 4.74 Å². The minimum atomic E-state index is -0.453. The third-order valence-electron chi connectivity index (χ3n) is 2.28. The number of rotatable bonds is 3. The Morgan fingerprint density at radius 2 is 1.57 bits per heavy atom. The molecule has 0 saturated heterocycles. The molecule has 21 heavy (non-hydrogen) atoms. The number of hydrogen-bond donors (Lipinski definition) is 0. The van der Waals surface area contributed by atoms with Crippen molar-refractivity contribution in [1.29, 1.82) is 0 Å². The van der Waals surface area contributed by atoms with Gasteiger partial charge < -0.3 is 4.74 Å². The van der Waals surface area contributed by atoms with E-state index >= 15 is 0 Å². The van der Waals surface area contributed by atoms with Gasteiger partial charge in [0, 0.05) is 6.07 Å². The first-order valence-corrected chi connectivity index (χ1v) is 7.15. The highest BCUT2D eigenvalue weighted by molar-refractivity contribution is 5.48. The summed E-state index contributed by atoms with van der Waals surface area (Å²) in [4.78, 5) is 10.4. The molecule has 4 heteroatoms. The molecule has 2 aromatic rings. The van der Waals surface area contributed by atoms with Crippen LogP contribution in [-0.4, -0.2) is 4.92 Å². The first-order valence-electron chi connectivity index (χ1n) is 7.15. The molecule has 0 unspecified atom stereocenters. The average molecular weight is 289 g/mol. The summed E-state index contributed by atoms with van der Waals surface area (Å²) >= 11 is 0. The van der Waals surface area contributed by atoms with Crippen LogP contribution in [0, 0.1) is 17.0 Å². The van der Waals surface area contributed by atoms with E-state index in [1.807, 2.05) is 52.8 Å². The van der Waals surface area contributed by atoms with E-state index < -0.39 is 4.92 Å². The van der Waals surface area contributed by atoms with Crippen molar-refractivity contribution < 1.29 is 9.66 Å². The number of para-hydroxylation sites is 2. The summed E-state index contributed by atoms with van der Waals surface area (Å²) in [5.41, 5.74) is 1.01. The van der Waals surface area contributed by atoms with Gasteiger partial charge in [-0.25, -0.2) is 0 Å². The van der Waals surface area contributed by atoms with Crippen molar-refractivity contribution in [2.24, 2.45) is 0 Å². The van der Waals surface area contributed by atoms with Gasteiger partial charge in [0.2, 0.25) is 5.75 Å². The topological polar surface area (TPSA) is 52.4 Å². The van der Waals surface area contributed by atoms with E-state index in [9.17, 15) is 10.1 Å². The molecule has 0 saturated carbocycles. The minimum absolute atomic E-state index is 0.0333. The summed E-state index contributed by atoms with van der Waals surface area (Å²) in [5.74, 6) is 0.849. The van der Waals surface area contributed by atoms with Gasteiger partial charge >= 0.3 is 5.69 Å². The van der Waals surface area contributed by atoms with Crippen LogP contribution in [0.1, 0.15) is 33.3 Å². The summed E-state index contributed by atoms with van der Waals surface area (Å²) in [5, 5.41) is 10.8. The quantitative estimate of drug-likeness (QED) is 0.534. The molecule has 0 aromatic heterocycles. The molecule has 2 aromatic carbocycles. The Hall–Kier alpha value is -2.36. The Morgan fingerprint density at radius 3 is 2.14 bits per heavy atom. The number of aryl methyl sites for hydroxylation is 1. The van der Waals surface area contributed by atoms with Crippen LogP contribution in [0.3, 0.4) is 0 Å². The van der Waals surface area contributed by atoms with Crippen molar-refractivity contribution in [3.63, 3.8) is 0 Å². The fraction of sp³-hybridized carbons (Fsp3) is 0.294. The molecule has 0 fully saturated rings. The molecule has 4 nitrogen and oxygen atoms in total. The van der Waals surface area contributed by atoms with Crippen molar-refractivity contribution in [3.05, 3.63) is 64.2 Å². The molecule has 0 N–H and O–H groups in total. The molecular formula is C17H23NO3. The molecule has 2 rings (SSSR count). The lowest BCUT2D eigenvalue weighted by atomic mass is 10.2. The van der Waals surface area contributed by atoms with E-state index in [0.717, 1.165) is 5.56 Å². The molecule has 0 heterocycles. The van der Waals surface area contributed by atoms with E-state index in [4.69, 9.17) is 4.74 Å². The largest absolute Gasteiger partial charge is 0.450 e. The zero-order chi connectivity index (χ0) is 16.3. The summed E-state index contributed by atoms with van der Waals surface area (Å²) in [7, 11) is 0. The Morgan fingerprint density at radius 1 is 0.952 bits per heavy atom. The second-order valence-corrected chi connectivity index (χ2v) is 3.64. The number of ether oxygens (including phenoxy) is 1. The number of nitro benzene ring substituents is 1. The number of benzene rings is 2. The number of nitro groups is 1. The van der Waals surface area contributed by atoms with Crippen LogP contribution in [0.15, 0.2) is 48.5 Å². The molecule has 114 valence electrons. The van der Waals surface area contributed by atoms with Crippen molar-refractivity contribution in [3.8, 4) is 11.5 Å². The van der Waals surface area contributed by atoms with Gasteiger partial charge in [-0.15, -0.1) is 0 Å². The highest BCUT2D eigenvalue weighted by atomic mass is 16.6. The molecular weight excluding hydrogens is 266 g/mol. The Labute approximate surface area is 126 Å².